The van der Waals surface area contributed by atoms with E-state index in [9.17, 15) is 4.79 Å². The van der Waals surface area contributed by atoms with Crippen molar-refractivity contribution in [2.45, 2.75) is 34.1 Å². The largest absolute Gasteiger partial charge is 0.465 e. The maximum atomic E-state index is 10.9. The van der Waals surface area contributed by atoms with Crippen molar-refractivity contribution in [2.24, 2.45) is 5.92 Å². The van der Waals surface area contributed by atoms with Gasteiger partial charge in [-0.3, -0.25) is 4.79 Å². The fourth-order valence-corrected chi connectivity index (χ4v) is 0.532. The van der Waals surface area contributed by atoms with Crippen LogP contribution in [0.3, 0.4) is 0 Å². The molecule has 0 aliphatic carbocycles. The fourth-order valence-electron chi connectivity index (χ4n) is 0.532. The lowest BCUT2D eigenvalue weighted by atomic mass is 10.1. The number of carbonyl (C=O) groups is 1. The van der Waals surface area contributed by atoms with E-state index in [0.29, 0.717) is 18.4 Å². The summed E-state index contributed by atoms with van der Waals surface area (Å²) in [5.74, 6) is 1.14. The van der Waals surface area contributed by atoms with E-state index in [1.807, 2.05) is 0 Å². The molecule has 0 saturated carbocycles. The molecule has 0 aromatic rings. The predicted octanol–water partition coefficient (Wildman–Crippen LogP) is 2.19. The van der Waals surface area contributed by atoms with E-state index in [-0.39, 0.29) is 5.97 Å². The van der Waals surface area contributed by atoms with Crippen LogP contribution < -0.4 is 0 Å². The normalized spacial score (nSPS) is 10.7. The smallest absolute Gasteiger partial charge is 0.312 e. The third-order valence-electron chi connectivity index (χ3n) is 1.34. The molecule has 0 aromatic heterocycles. The summed E-state index contributed by atoms with van der Waals surface area (Å²) in [6.45, 7) is 8.28. The molecular formula is C9H17O2. The van der Waals surface area contributed by atoms with Crippen LogP contribution in [0.15, 0.2) is 0 Å². The maximum Gasteiger partial charge on any atom is 0.312 e. The van der Waals surface area contributed by atoms with E-state index in [0.717, 1.165) is 6.42 Å². The first-order chi connectivity index (χ1) is 5.04. The van der Waals surface area contributed by atoms with E-state index < -0.39 is 0 Å². The Morgan fingerprint density at radius 1 is 1.36 bits per heavy atom. The predicted molar refractivity (Wildman–Crippen MR) is 45.0 cm³/mol. The van der Waals surface area contributed by atoms with Gasteiger partial charge < -0.3 is 4.74 Å². The van der Waals surface area contributed by atoms with Gasteiger partial charge in [-0.05, 0) is 26.2 Å². The van der Waals surface area contributed by atoms with Gasteiger partial charge in [0, 0.05) is 0 Å². The lowest BCUT2D eigenvalue weighted by molar-refractivity contribution is -0.141. The number of hydrogen-bond donors (Lipinski definition) is 0. The molecule has 0 fully saturated rings. The lowest BCUT2D eigenvalue weighted by Gasteiger charge is -2.07. The van der Waals surface area contributed by atoms with Crippen LogP contribution in [0.5, 0.6) is 0 Å². The third kappa shape index (κ3) is 5.89. The Hall–Kier alpha value is -0.530. The number of carbonyl (C=O) groups excluding carboxylic acids is 1. The summed E-state index contributed by atoms with van der Waals surface area (Å²) in [7, 11) is 0. The van der Waals surface area contributed by atoms with Crippen molar-refractivity contribution in [3.8, 4) is 0 Å². The molecular weight excluding hydrogens is 140 g/mol. The van der Waals surface area contributed by atoms with Gasteiger partial charge in [0.1, 0.15) is 0 Å². The van der Waals surface area contributed by atoms with Crippen LogP contribution in [0.2, 0.25) is 0 Å². The highest BCUT2D eigenvalue weighted by molar-refractivity contribution is 5.83. The van der Waals surface area contributed by atoms with Gasteiger partial charge in [-0.15, -0.1) is 0 Å². The molecule has 0 aliphatic heterocycles. The van der Waals surface area contributed by atoms with Crippen LogP contribution in [0.4, 0.5) is 0 Å². The monoisotopic (exact) mass is 157 g/mol. The zero-order chi connectivity index (χ0) is 8.85. The highest BCUT2D eigenvalue weighted by atomic mass is 16.5. The molecule has 0 saturated heterocycles. The Balaban J connectivity index is 3.32. The summed E-state index contributed by atoms with van der Waals surface area (Å²) < 4.78 is 4.94. The minimum Gasteiger partial charge on any atom is -0.465 e. The van der Waals surface area contributed by atoms with E-state index >= 15 is 0 Å². The zero-order valence-corrected chi connectivity index (χ0v) is 7.81. The Kier molecular flexibility index (Phi) is 4.92. The van der Waals surface area contributed by atoms with Crippen LogP contribution in [0.25, 0.3) is 0 Å². The summed E-state index contributed by atoms with van der Waals surface area (Å²) >= 11 is 0. The second-order valence-corrected chi connectivity index (χ2v) is 3.32. The van der Waals surface area contributed by atoms with Gasteiger partial charge in [0.15, 0.2) is 0 Å². The van der Waals surface area contributed by atoms with Crippen molar-refractivity contribution in [3.05, 3.63) is 5.92 Å². The molecule has 0 heterocycles. The molecule has 0 aromatic carbocycles. The molecule has 0 atom stereocenters. The number of hydrogen-bond acceptors (Lipinski definition) is 2. The second-order valence-electron chi connectivity index (χ2n) is 3.32. The van der Waals surface area contributed by atoms with Gasteiger partial charge in [0.2, 0.25) is 0 Å². The van der Waals surface area contributed by atoms with Crippen molar-refractivity contribution in [3.63, 3.8) is 0 Å². The van der Waals surface area contributed by atoms with Gasteiger partial charge >= 0.3 is 5.97 Å². The zero-order valence-electron chi connectivity index (χ0n) is 7.81. The Morgan fingerprint density at radius 3 is 2.27 bits per heavy atom. The standard InChI is InChI=1S/C9H17O2/c1-7(2)5-6-11-9(10)8(3)4/h7H,5-6H2,1-4H3. The Morgan fingerprint density at radius 2 is 1.91 bits per heavy atom. The van der Waals surface area contributed by atoms with E-state index in [4.69, 9.17) is 4.74 Å². The molecule has 0 unspecified atom stereocenters. The molecule has 0 spiro atoms. The molecule has 0 amide bonds. The summed E-state index contributed by atoms with van der Waals surface area (Å²) in [5.41, 5.74) is 0. The number of ether oxygens (including phenoxy) is 1. The van der Waals surface area contributed by atoms with Crippen LogP contribution >= 0.6 is 0 Å². The minimum atomic E-state index is -0.175. The lowest BCUT2D eigenvalue weighted by Crippen LogP contribution is -2.11. The molecule has 0 aliphatic rings. The SMILES string of the molecule is C[C](C)C(=O)OCCC(C)C. The van der Waals surface area contributed by atoms with Crippen LogP contribution in [0, 0.1) is 11.8 Å². The molecule has 1 radical (unpaired) electrons. The summed E-state index contributed by atoms with van der Waals surface area (Å²) in [5, 5.41) is 0. The maximum absolute atomic E-state index is 10.9. The van der Waals surface area contributed by atoms with Crippen molar-refractivity contribution in [1.29, 1.82) is 0 Å². The van der Waals surface area contributed by atoms with Crippen LogP contribution in [-0.4, -0.2) is 12.6 Å². The van der Waals surface area contributed by atoms with Gasteiger partial charge in [-0.1, -0.05) is 13.8 Å². The van der Waals surface area contributed by atoms with Gasteiger partial charge in [0.05, 0.1) is 12.5 Å². The van der Waals surface area contributed by atoms with Crippen molar-refractivity contribution < 1.29 is 9.53 Å². The van der Waals surface area contributed by atoms with Crippen LogP contribution in [0.1, 0.15) is 34.1 Å². The molecule has 0 rings (SSSR count). The summed E-state index contributed by atoms with van der Waals surface area (Å²) in [6.07, 6.45) is 0.943. The first kappa shape index (κ1) is 10.5. The van der Waals surface area contributed by atoms with Crippen LogP contribution in [-0.2, 0) is 9.53 Å². The molecule has 2 nitrogen and oxygen atoms in total. The molecule has 0 bridgehead atoms. The average Bonchev–Trinajstić information content (AvgIpc) is 1.86. The number of rotatable bonds is 4. The van der Waals surface area contributed by atoms with Gasteiger partial charge in [-0.2, -0.15) is 0 Å². The summed E-state index contributed by atoms with van der Waals surface area (Å²) in [4.78, 5) is 10.9. The Labute approximate surface area is 68.9 Å². The molecule has 0 N–H and O–H groups in total. The van der Waals surface area contributed by atoms with E-state index in [1.165, 1.54) is 0 Å². The first-order valence-corrected chi connectivity index (χ1v) is 4.01. The average molecular weight is 157 g/mol. The molecule has 2 heteroatoms. The Bertz CT molecular complexity index is 117. The second kappa shape index (κ2) is 5.16. The first-order valence-electron chi connectivity index (χ1n) is 4.01. The summed E-state index contributed by atoms with van der Waals surface area (Å²) in [6, 6.07) is 0. The molecule has 11 heavy (non-hydrogen) atoms. The van der Waals surface area contributed by atoms with Crippen molar-refractivity contribution in [2.75, 3.05) is 6.61 Å². The third-order valence-corrected chi connectivity index (χ3v) is 1.34. The van der Waals surface area contributed by atoms with E-state index in [2.05, 4.69) is 13.8 Å². The fraction of sp³-hybridized carbons (Fsp3) is 0.778. The van der Waals surface area contributed by atoms with E-state index in [1.54, 1.807) is 13.8 Å². The number of esters is 1. The minimum absolute atomic E-state index is 0.175. The van der Waals surface area contributed by atoms with Gasteiger partial charge in [0.25, 0.3) is 0 Å². The van der Waals surface area contributed by atoms with Crippen molar-refractivity contribution in [1.82, 2.24) is 0 Å². The molecule has 65 valence electrons. The quantitative estimate of drug-likeness (QED) is 0.585. The van der Waals surface area contributed by atoms with Crippen molar-refractivity contribution >= 4 is 5.97 Å². The topological polar surface area (TPSA) is 26.3 Å². The highest BCUT2D eigenvalue weighted by Gasteiger charge is 2.08. The highest BCUT2D eigenvalue weighted by Crippen LogP contribution is 2.02. The van der Waals surface area contributed by atoms with Gasteiger partial charge in [-0.25, -0.2) is 0 Å².